The van der Waals surface area contributed by atoms with Crippen molar-refractivity contribution in [2.45, 2.75) is 38.2 Å². The molecule has 2 heterocycles. The zero-order valence-corrected chi connectivity index (χ0v) is 16.8. The van der Waals surface area contributed by atoms with Gasteiger partial charge in [0.15, 0.2) is 0 Å². The number of hydrogen-bond acceptors (Lipinski definition) is 3. The van der Waals surface area contributed by atoms with E-state index >= 15 is 0 Å². The van der Waals surface area contributed by atoms with Crippen LogP contribution in [-0.4, -0.2) is 35.5 Å². The standard InChI is InChI=1S/C23H27ClN2O2/c24-20-13-21-18(8-9-23(28)25-21)12-19(20)22(27)15-26-10-4-7-17(14-26)11-16-5-2-1-3-6-16/h1-3,5-6,12-13,17,22,27H,4,7-11,14-15H2,(H,25,28)/t17-,22?/m0/s1. The molecule has 2 N–H and O–H groups in total. The van der Waals surface area contributed by atoms with Crippen LogP contribution in [0.25, 0.3) is 0 Å². The summed E-state index contributed by atoms with van der Waals surface area (Å²) in [5.41, 5.74) is 3.98. The molecule has 0 spiro atoms. The Labute approximate surface area is 171 Å². The van der Waals surface area contributed by atoms with Crippen molar-refractivity contribution in [1.82, 2.24) is 4.90 Å². The zero-order valence-electron chi connectivity index (χ0n) is 16.0. The summed E-state index contributed by atoms with van der Waals surface area (Å²) >= 11 is 6.43. The number of anilines is 1. The molecule has 1 fully saturated rings. The van der Waals surface area contributed by atoms with Crippen molar-refractivity contribution in [3.8, 4) is 0 Å². The number of amides is 1. The maximum absolute atomic E-state index is 11.6. The molecule has 2 atom stereocenters. The number of nitrogens with one attached hydrogen (secondary N) is 1. The summed E-state index contributed by atoms with van der Waals surface area (Å²) in [6, 6.07) is 14.4. The number of nitrogens with zero attached hydrogens (tertiary/aromatic N) is 1. The van der Waals surface area contributed by atoms with E-state index < -0.39 is 6.10 Å². The molecule has 148 valence electrons. The van der Waals surface area contributed by atoms with Crippen LogP contribution in [0.5, 0.6) is 0 Å². The highest BCUT2D eigenvalue weighted by Gasteiger charge is 2.25. The van der Waals surface area contributed by atoms with Crippen LogP contribution in [0.15, 0.2) is 42.5 Å². The second-order valence-corrected chi connectivity index (χ2v) is 8.46. The predicted molar refractivity (Wildman–Crippen MR) is 113 cm³/mol. The van der Waals surface area contributed by atoms with Gasteiger partial charge in [-0.1, -0.05) is 41.9 Å². The van der Waals surface area contributed by atoms with Gasteiger partial charge in [0.25, 0.3) is 0 Å². The van der Waals surface area contributed by atoms with Crippen LogP contribution >= 0.6 is 11.6 Å². The normalized spacial score (nSPS) is 21.1. The number of fused-ring (bicyclic) bond motifs is 1. The van der Waals surface area contributed by atoms with Gasteiger partial charge >= 0.3 is 0 Å². The zero-order chi connectivity index (χ0) is 19.5. The van der Waals surface area contributed by atoms with Crippen molar-refractivity contribution in [3.05, 3.63) is 64.2 Å². The number of carbonyl (C=O) groups excluding carboxylic acids is 1. The van der Waals surface area contributed by atoms with Crippen LogP contribution < -0.4 is 5.32 Å². The minimum absolute atomic E-state index is 0.0228. The van der Waals surface area contributed by atoms with Gasteiger partial charge in [-0.15, -0.1) is 0 Å². The van der Waals surface area contributed by atoms with Crippen LogP contribution in [0, 0.1) is 5.92 Å². The fraction of sp³-hybridized carbons (Fsp3) is 0.435. The van der Waals surface area contributed by atoms with E-state index in [1.54, 1.807) is 6.07 Å². The molecule has 0 aliphatic carbocycles. The summed E-state index contributed by atoms with van der Waals surface area (Å²) < 4.78 is 0. The number of likely N-dealkylation sites (tertiary alicyclic amines) is 1. The average molecular weight is 399 g/mol. The summed E-state index contributed by atoms with van der Waals surface area (Å²) in [4.78, 5) is 13.9. The monoisotopic (exact) mass is 398 g/mol. The van der Waals surface area contributed by atoms with Gasteiger partial charge in [0, 0.05) is 35.8 Å². The fourth-order valence-electron chi connectivity index (χ4n) is 4.45. The maximum atomic E-state index is 11.6. The van der Waals surface area contributed by atoms with E-state index in [-0.39, 0.29) is 5.91 Å². The Hall–Kier alpha value is -1.88. The van der Waals surface area contributed by atoms with Crippen LogP contribution in [0.2, 0.25) is 5.02 Å². The number of β-amino-alcohol motifs (C(OH)–C–C–N with tert-alkyl or cyclic N) is 1. The molecule has 2 aromatic rings. The van der Waals surface area contributed by atoms with Gasteiger partial charge in [-0.05, 0) is 61.4 Å². The summed E-state index contributed by atoms with van der Waals surface area (Å²) in [5.74, 6) is 0.646. The van der Waals surface area contributed by atoms with Crippen LogP contribution in [-0.2, 0) is 17.6 Å². The summed E-state index contributed by atoms with van der Waals surface area (Å²) in [6.07, 6.45) is 4.05. The first-order valence-electron chi connectivity index (χ1n) is 10.1. The first kappa shape index (κ1) is 19.4. The molecule has 1 saturated heterocycles. The minimum Gasteiger partial charge on any atom is -0.387 e. The molecule has 2 aliphatic heterocycles. The van der Waals surface area contributed by atoms with Crippen LogP contribution in [0.1, 0.15) is 42.1 Å². The van der Waals surface area contributed by atoms with Crippen molar-refractivity contribution in [3.63, 3.8) is 0 Å². The number of aliphatic hydroxyl groups is 1. The van der Waals surface area contributed by atoms with E-state index in [1.807, 2.05) is 6.07 Å². The number of halogens is 1. The van der Waals surface area contributed by atoms with Crippen LogP contribution in [0.4, 0.5) is 5.69 Å². The van der Waals surface area contributed by atoms with Gasteiger partial charge < -0.3 is 15.3 Å². The largest absolute Gasteiger partial charge is 0.387 e. The molecule has 0 saturated carbocycles. The third kappa shape index (κ3) is 4.57. The molecular formula is C23H27ClN2O2. The summed E-state index contributed by atoms with van der Waals surface area (Å²) in [6.45, 7) is 2.61. The molecular weight excluding hydrogens is 372 g/mol. The van der Waals surface area contributed by atoms with E-state index in [0.717, 1.165) is 42.7 Å². The van der Waals surface area contributed by atoms with Crippen molar-refractivity contribution in [2.75, 3.05) is 25.0 Å². The van der Waals surface area contributed by atoms with E-state index in [1.165, 1.54) is 12.0 Å². The van der Waals surface area contributed by atoms with Crippen molar-refractivity contribution in [1.29, 1.82) is 0 Å². The second kappa shape index (κ2) is 8.64. The quantitative estimate of drug-likeness (QED) is 0.793. The van der Waals surface area contributed by atoms with Crippen molar-refractivity contribution < 1.29 is 9.90 Å². The predicted octanol–water partition coefficient (Wildman–Crippen LogP) is 4.21. The maximum Gasteiger partial charge on any atom is 0.224 e. The van der Waals surface area contributed by atoms with Gasteiger partial charge in [-0.3, -0.25) is 4.79 Å². The molecule has 1 unspecified atom stereocenters. The lowest BCUT2D eigenvalue weighted by Crippen LogP contribution is -2.38. The van der Waals surface area contributed by atoms with Crippen LogP contribution in [0.3, 0.4) is 0 Å². The van der Waals surface area contributed by atoms with Gasteiger partial charge in [0.2, 0.25) is 5.91 Å². The lowest BCUT2D eigenvalue weighted by molar-refractivity contribution is -0.116. The topological polar surface area (TPSA) is 52.6 Å². The van der Waals surface area contributed by atoms with Crippen molar-refractivity contribution in [2.24, 2.45) is 5.92 Å². The van der Waals surface area contributed by atoms with E-state index in [0.29, 0.717) is 30.3 Å². The molecule has 5 heteroatoms. The number of piperidine rings is 1. The Morgan fingerprint density at radius 3 is 2.86 bits per heavy atom. The third-order valence-electron chi connectivity index (χ3n) is 5.88. The van der Waals surface area contributed by atoms with Gasteiger partial charge in [-0.2, -0.15) is 0 Å². The highest BCUT2D eigenvalue weighted by atomic mass is 35.5. The lowest BCUT2D eigenvalue weighted by Gasteiger charge is -2.34. The molecule has 0 bridgehead atoms. The molecule has 2 aliphatic rings. The number of carbonyl (C=O) groups is 1. The number of rotatable bonds is 5. The van der Waals surface area contributed by atoms with Gasteiger partial charge in [-0.25, -0.2) is 0 Å². The molecule has 1 amide bonds. The minimum atomic E-state index is -0.620. The summed E-state index contributed by atoms with van der Waals surface area (Å²) in [7, 11) is 0. The van der Waals surface area contributed by atoms with E-state index in [4.69, 9.17) is 11.6 Å². The van der Waals surface area contributed by atoms with E-state index in [9.17, 15) is 9.90 Å². The number of hydrogen-bond donors (Lipinski definition) is 2. The highest BCUT2D eigenvalue weighted by molar-refractivity contribution is 6.31. The second-order valence-electron chi connectivity index (χ2n) is 8.05. The first-order chi connectivity index (χ1) is 13.6. The Bertz CT molecular complexity index is 840. The fourth-order valence-corrected chi connectivity index (χ4v) is 4.74. The SMILES string of the molecule is O=C1CCc2cc(C(O)CN3CCC[C@@H](Cc4ccccc4)C3)c(Cl)cc2N1. The Morgan fingerprint density at radius 1 is 1.21 bits per heavy atom. The van der Waals surface area contributed by atoms with Gasteiger partial charge in [0.1, 0.15) is 0 Å². The lowest BCUT2D eigenvalue weighted by atomic mass is 9.91. The highest BCUT2D eigenvalue weighted by Crippen LogP contribution is 2.33. The molecule has 4 rings (SSSR count). The van der Waals surface area contributed by atoms with Crippen molar-refractivity contribution >= 4 is 23.2 Å². The first-order valence-corrected chi connectivity index (χ1v) is 10.5. The molecule has 0 radical (unpaired) electrons. The number of benzene rings is 2. The average Bonchev–Trinajstić information content (AvgIpc) is 2.68. The third-order valence-corrected chi connectivity index (χ3v) is 6.21. The van der Waals surface area contributed by atoms with Gasteiger partial charge in [0.05, 0.1) is 6.10 Å². The summed E-state index contributed by atoms with van der Waals surface area (Å²) in [5, 5.41) is 14.3. The Morgan fingerprint density at radius 2 is 2.04 bits per heavy atom. The Balaban J connectivity index is 1.40. The molecule has 2 aromatic carbocycles. The number of aliphatic hydroxyl groups excluding tert-OH is 1. The molecule has 4 nitrogen and oxygen atoms in total. The molecule has 0 aromatic heterocycles. The smallest absolute Gasteiger partial charge is 0.224 e. The molecule has 28 heavy (non-hydrogen) atoms. The van der Waals surface area contributed by atoms with E-state index in [2.05, 4.69) is 40.5 Å². The number of aryl methyl sites for hydroxylation is 1. The Kier molecular flexibility index (Phi) is 6.00.